The lowest BCUT2D eigenvalue weighted by Gasteiger charge is -2.34. The summed E-state index contributed by atoms with van der Waals surface area (Å²) in [6.45, 7) is 12.2. The van der Waals surface area contributed by atoms with E-state index in [9.17, 15) is 0 Å². The van der Waals surface area contributed by atoms with E-state index >= 15 is 0 Å². The third-order valence-corrected chi connectivity index (χ3v) is 19.5. The van der Waals surface area contributed by atoms with Crippen molar-refractivity contribution in [1.82, 2.24) is 4.98 Å². The fraction of sp³-hybridized carbons (Fsp3) is 1.00. The van der Waals surface area contributed by atoms with Crippen LogP contribution in [0.2, 0.25) is 32.7 Å². The first kappa shape index (κ1) is 9.39. The van der Waals surface area contributed by atoms with Crippen molar-refractivity contribution >= 4 is 15.3 Å². The third kappa shape index (κ3) is 2.23. The second-order valence-electron chi connectivity index (χ2n) is 4.12. The van der Waals surface area contributed by atoms with Crippen LogP contribution in [0.3, 0.4) is 0 Å². The summed E-state index contributed by atoms with van der Waals surface area (Å²) < 4.78 is 0. The van der Waals surface area contributed by atoms with E-state index in [-0.39, 0.29) is 0 Å². The van der Waals surface area contributed by atoms with Crippen LogP contribution in [0, 0.1) is 0 Å². The minimum absolute atomic E-state index is 0.857. The van der Waals surface area contributed by atoms with Crippen LogP contribution in [0.5, 0.6) is 0 Å². The molecule has 56 valence electrons. The smallest absolute Gasteiger partial charge is 0.108 e. The molecule has 0 amide bonds. The Bertz CT molecular complexity index is 93.7. The average molecular weight is 161 g/mol. The maximum Gasteiger partial charge on any atom is 0.108 e. The second-order valence-corrected chi connectivity index (χ2v) is 20.6. The zero-order valence-electron chi connectivity index (χ0n) is 7.50. The first-order valence-electron chi connectivity index (χ1n) is 3.50. The molecule has 1 N–H and O–H groups in total. The van der Waals surface area contributed by atoms with Crippen LogP contribution < -0.4 is 4.98 Å². The molecule has 0 fully saturated rings. The van der Waals surface area contributed by atoms with E-state index in [4.69, 9.17) is 0 Å². The standard InChI is InChI=1S/C6H19NSi2/c1-7-9(5,6)8(2,3)4/h7H,1-6H3. The van der Waals surface area contributed by atoms with Gasteiger partial charge in [0.2, 0.25) is 0 Å². The largest absolute Gasteiger partial charge is 0.342 e. The zero-order valence-corrected chi connectivity index (χ0v) is 9.50. The Morgan fingerprint density at radius 2 is 1.22 bits per heavy atom. The van der Waals surface area contributed by atoms with Gasteiger partial charge in [-0.3, -0.25) is 0 Å². The average Bonchev–Trinajstić information content (AvgIpc) is 1.64. The highest BCUT2D eigenvalue weighted by atomic mass is 29.3. The van der Waals surface area contributed by atoms with Crippen LogP contribution in [0.1, 0.15) is 0 Å². The molecule has 0 aromatic carbocycles. The molecule has 0 aliphatic carbocycles. The van der Waals surface area contributed by atoms with Crippen molar-refractivity contribution in [2.24, 2.45) is 0 Å². The molecule has 0 aromatic heterocycles. The second kappa shape index (κ2) is 2.56. The first-order valence-corrected chi connectivity index (χ1v) is 11.0. The summed E-state index contributed by atoms with van der Waals surface area (Å²) in [5.41, 5.74) is 0. The molecule has 1 nitrogen and oxygen atoms in total. The molecular formula is C6H19NSi2. The number of hydrogen-bond donors (Lipinski definition) is 1. The van der Waals surface area contributed by atoms with Gasteiger partial charge in [-0.05, 0) is 7.05 Å². The van der Waals surface area contributed by atoms with Gasteiger partial charge in [-0.25, -0.2) is 0 Å². The van der Waals surface area contributed by atoms with E-state index in [2.05, 4.69) is 44.8 Å². The Balaban J connectivity index is 4.14. The molecule has 3 heteroatoms. The summed E-state index contributed by atoms with van der Waals surface area (Å²) in [6.07, 6.45) is 0. The van der Waals surface area contributed by atoms with Gasteiger partial charge < -0.3 is 4.98 Å². The monoisotopic (exact) mass is 161 g/mol. The highest BCUT2D eigenvalue weighted by Gasteiger charge is 2.35. The van der Waals surface area contributed by atoms with Crippen molar-refractivity contribution in [3.05, 3.63) is 0 Å². The normalized spacial score (nSPS) is 14.0. The quantitative estimate of drug-likeness (QED) is 0.609. The Hall–Kier alpha value is 0.394. The maximum absolute atomic E-state index is 3.48. The summed E-state index contributed by atoms with van der Waals surface area (Å²) in [6, 6.07) is 0. The van der Waals surface area contributed by atoms with E-state index in [0.717, 1.165) is 0 Å². The van der Waals surface area contributed by atoms with Gasteiger partial charge in [0.1, 0.15) is 7.75 Å². The molecule has 0 bridgehead atoms. The topological polar surface area (TPSA) is 12.0 Å². The van der Waals surface area contributed by atoms with Crippen molar-refractivity contribution in [1.29, 1.82) is 0 Å². The van der Waals surface area contributed by atoms with Gasteiger partial charge in [-0.15, -0.1) is 0 Å². The molecule has 0 radical (unpaired) electrons. The van der Waals surface area contributed by atoms with Crippen LogP contribution >= 0.6 is 0 Å². The molecule has 0 aromatic rings. The van der Waals surface area contributed by atoms with E-state index in [1.807, 2.05) is 0 Å². The van der Waals surface area contributed by atoms with Crippen LogP contribution in [-0.4, -0.2) is 22.4 Å². The molecule has 0 aliphatic heterocycles. The van der Waals surface area contributed by atoms with Crippen LogP contribution in [0.25, 0.3) is 0 Å². The highest BCUT2D eigenvalue weighted by molar-refractivity contribution is 7.39. The molecule has 9 heavy (non-hydrogen) atoms. The van der Waals surface area contributed by atoms with Crippen molar-refractivity contribution in [2.75, 3.05) is 7.05 Å². The van der Waals surface area contributed by atoms with E-state index in [0.29, 0.717) is 0 Å². The fourth-order valence-electron chi connectivity index (χ4n) is 0.375. The summed E-state index contributed by atoms with van der Waals surface area (Å²) in [7, 11) is 0.255. The van der Waals surface area contributed by atoms with Crippen LogP contribution in [-0.2, 0) is 0 Å². The lowest BCUT2D eigenvalue weighted by Crippen LogP contribution is -2.61. The SMILES string of the molecule is CN[Si](C)(C)[Si](C)(C)C. The van der Waals surface area contributed by atoms with Crippen molar-refractivity contribution in [2.45, 2.75) is 32.7 Å². The molecule has 0 saturated heterocycles. The Kier molecular flexibility index (Phi) is 2.67. The molecule has 0 spiro atoms. The van der Waals surface area contributed by atoms with Crippen molar-refractivity contribution in [3.63, 3.8) is 0 Å². The van der Waals surface area contributed by atoms with Gasteiger partial charge in [0.15, 0.2) is 0 Å². The Morgan fingerprint density at radius 1 is 0.889 bits per heavy atom. The fourth-order valence-corrected chi connectivity index (χ4v) is 3.38. The molecule has 0 heterocycles. The van der Waals surface area contributed by atoms with Gasteiger partial charge in [0.25, 0.3) is 0 Å². The summed E-state index contributed by atoms with van der Waals surface area (Å²) in [5, 5.41) is 0. The molecule has 0 unspecified atom stereocenters. The van der Waals surface area contributed by atoms with Crippen molar-refractivity contribution in [3.8, 4) is 0 Å². The first-order chi connectivity index (χ1) is 3.81. The van der Waals surface area contributed by atoms with E-state index < -0.39 is 15.3 Å². The van der Waals surface area contributed by atoms with Crippen LogP contribution in [0.15, 0.2) is 0 Å². The predicted molar refractivity (Wildman–Crippen MR) is 49.9 cm³/mol. The summed E-state index contributed by atoms with van der Waals surface area (Å²) in [4.78, 5) is 3.48. The van der Waals surface area contributed by atoms with Gasteiger partial charge in [0.05, 0.1) is 7.59 Å². The van der Waals surface area contributed by atoms with Crippen molar-refractivity contribution < 1.29 is 0 Å². The highest BCUT2D eigenvalue weighted by Crippen LogP contribution is 2.14. The number of hydrogen-bond acceptors (Lipinski definition) is 1. The lowest BCUT2D eigenvalue weighted by atomic mass is 11.6. The van der Waals surface area contributed by atoms with Gasteiger partial charge in [0, 0.05) is 0 Å². The minimum atomic E-state index is -0.990. The van der Waals surface area contributed by atoms with Gasteiger partial charge in [-0.2, -0.15) is 0 Å². The van der Waals surface area contributed by atoms with E-state index in [1.165, 1.54) is 0 Å². The molecule has 0 atom stereocenters. The molecule has 0 aliphatic rings. The summed E-state index contributed by atoms with van der Waals surface area (Å²) in [5.74, 6) is 0. The molecular weight excluding hydrogens is 142 g/mol. The zero-order chi connectivity index (χ0) is 7.71. The van der Waals surface area contributed by atoms with E-state index in [1.54, 1.807) is 0 Å². The predicted octanol–water partition coefficient (Wildman–Crippen LogP) is 1.83. The minimum Gasteiger partial charge on any atom is -0.342 e. The van der Waals surface area contributed by atoms with Gasteiger partial charge in [-0.1, -0.05) is 32.7 Å². The molecule has 0 saturated carbocycles. The Labute approximate surface area is 60.7 Å². The third-order valence-electron chi connectivity index (χ3n) is 2.50. The Morgan fingerprint density at radius 3 is 1.22 bits per heavy atom. The number of rotatable bonds is 2. The van der Waals surface area contributed by atoms with Gasteiger partial charge >= 0.3 is 0 Å². The van der Waals surface area contributed by atoms with Crippen LogP contribution in [0.4, 0.5) is 0 Å². The number of nitrogens with one attached hydrogen (secondary N) is 1. The molecule has 0 rings (SSSR count). The maximum atomic E-state index is 3.48. The summed E-state index contributed by atoms with van der Waals surface area (Å²) >= 11 is 0. The lowest BCUT2D eigenvalue weighted by molar-refractivity contribution is 1.19.